The molecule has 0 bridgehead atoms. The Kier molecular flexibility index (Phi) is 6.36. The second kappa shape index (κ2) is 8.92. The van der Waals surface area contributed by atoms with Gasteiger partial charge in [-0.2, -0.15) is 0 Å². The number of aromatic nitrogens is 3. The van der Waals surface area contributed by atoms with Crippen LogP contribution in [0.2, 0.25) is 0 Å². The van der Waals surface area contributed by atoms with Crippen LogP contribution in [0, 0.1) is 0 Å². The molecule has 6 nitrogen and oxygen atoms in total. The van der Waals surface area contributed by atoms with Gasteiger partial charge in [-0.25, -0.2) is 9.36 Å². The Morgan fingerprint density at radius 3 is 2.59 bits per heavy atom. The molecule has 0 radical (unpaired) electrons. The standard InChI is InChI=1S/C19H22N4S.CH2O2/c1-22-10-7-19(8-11-22,17-5-3-2-4-6-17)15-23-12-9-20-18(23)16-13-21-24-14-16;2-1-3/h2-6,9,12-14H,7-8,10-11,15H2,1H3;1H,(H,2,3). The van der Waals surface area contributed by atoms with Crippen LogP contribution in [-0.4, -0.2) is 50.5 Å². The summed E-state index contributed by atoms with van der Waals surface area (Å²) in [5, 5.41) is 8.96. The first kappa shape index (κ1) is 19.3. The van der Waals surface area contributed by atoms with E-state index in [1.165, 1.54) is 29.9 Å². The number of hydrogen-bond acceptors (Lipinski definition) is 5. The average Bonchev–Trinajstić information content (AvgIpc) is 3.37. The highest BCUT2D eigenvalue weighted by Gasteiger charge is 2.36. The Morgan fingerprint density at radius 2 is 1.96 bits per heavy atom. The van der Waals surface area contributed by atoms with E-state index in [0.717, 1.165) is 31.0 Å². The first-order chi connectivity index (χ1) is 13.2. The summed E-state index contributed by atoms with van der Waals surface area (Å²) < 4.78 is 6.54. The first-order valence-corrected chi connectivity index (χ1v) is 9.75. The van der Waals surface area contributed by atoms with Crippen molar-refractivity contribution in [3.63, 3.8) is 0 Å². The number of imidazole rings is 1. The van der Waals surface area contributed by atoms with Gasteiger partial charge in [-0.05, 0) is 50.1 Å². The van der Waals surface area contributed by atoms with Crippen LogP contribution in [0.5, 0.6) is 0 Å². The van der Waals surface area contributed by atoms with E-state index in [9.17, 15) is 0 Å². The Labute approximate surface area is 163 Å². The van der Waals surface area contributed by atoms with E-state index in [-0.39, 0.29) is 11.9 Å². The van der Waals surface area contributed by atoms with Gasteiger partial charge in [-0.3, -0.25) is 4.79 Å². The summed E-state index contributed by atoms with van der Waals surface area (Å²) in [5.41, 5.74) is 2.73. The second-order valence-corrected chi connectivity index (χ2v) is 7.50. The molecule has 2 aromatic heterocycles. The van der Waals surface area contributed by atoms with Crippen LogP contribution in [0.15, 0.2) is 54.3 Å². The highest BCUT2D eigenvalue weighted by Crippen LogP contribution is 2.38. The maximum absolute atomic E-state index is 8.36. The molecule has 3 aromatic rings. The topological polar surface area (TPSA) is 71.2 Å². The van der Waals surface area contributed by atoms with Crippen LogP contribution in [0.1, 0.15) is 18.4 Å². The van der Waals surface area contributed by atoms with E-state index in [4.69, 9.17) is 9.90 Å². The number of piperidine rings is 1. The zero-order chi connectivity index (χ0) is 19.1. The normalized spacial score (nSPS) is 16.3. The van der Waals surface area contributed by atoms with Crippen molar-refractivity contribution in [2.75, 3.05) is 20.1 Å². The van der Waals surface area contributed by atoms with Crippen molar-refractivity contribution in [3.8, 4) is 11.4 Å². The summed E-state index contributed by atoms with van der Waals surface area (Å²) >= 11 is 1.48. The molecule has 0 amide bonds. The van der Waals surface area contributed by atoms with Gasteiger partial charge >= 0.3 is 0 Å². The van der Waals surface area contributed by atoms with E-state index < -0.39 is 0 Å². The third-order valence-electron chi connectivity index (χ3n) is 5.21. The van der Waals surface area contributed by atoms with Crippen molar-refractivity contribution in [1.29, 1.82) is 0 Å². The van der Waals surface area contributed by atoms with Gasteiger partial charge in [0.25, 0.3) is 6.47 Å². The molecule has 1 N–H and O–H groups in total. The molecule has 1 fully saturated rings. The molecule has 7 heteroatoms. The van der Waals surface area contributed by atoms with E-state index >= 15 is 0 Å². The Balaban J connectivity index is 0.000000659. The molecule has 1 aliphatic rings. The van der Waals surface area contributed by atoms with Crippen LogP contribution in [-0.2, 0) is 16.8 Å². The fourth-order valence-electron chi connectivity index (χ4n) is 3.71. The van der Waals surface area contributed by atoms with Gasteiger partial charge in [0.15, 0.2) is 0 Å². The number of likely N-dealkylation sites (tertiary alicyclic amines) is 1. The third kappa shape index (κ3) is 4.43. The number of carbonyl (C=O) groups is 1. The minimum atomic E-state index is -0.250. The zero-order valence-electron chi connectivity index (χ0n) is 15.4. The van der Waals surface area contributed by atoms with Gasteiger partial charge in [0, 0.05) is 35.3 Å². The smallest absolute Gasteiger partial charge is 0.290 e. The van der Waals surface area contributed by atoms with Crippen molar-refractivity contribution in [2.45, 2.75) is 24.8 Å². The van der Waals surface area contributed by atoms with Gasteiger partial charge in [0.1, 0.15) is 5.82 Å². The SMILES string of the molecule is CN1CCC(Cn2ccnc2-c2cnsc2)(c2ccccc2)CC1.O=CO. The van der Waals surface area contributed by atoms with Crippen LogP contribution in [0.25, 0.3) is 11.4 Å². The lowest BCUT2D eigenvalue weighted by Gasteiger charge is -2.41. The van der Waals surface area contributed by atoms with Crippen molar-refractivity contribution >= 4 is 18.0 Å². The number of benzene rings is 1. The highest BCUT2D eigenvalue weighted by atomic mass is 32.1. The first-order valence-electron chi connectivity index (χ1n) is 8.91. The van der Waals surface area contributed by atoms with Crippen molar-refractivity contribution in [1.82, 2.24) is 18.8 Å². The summed E-state index contributed by atoms with van der Waals surface area (Å²) in [6.07, 6.45) is 8.27. The largest absolute Gasteiger partial charge is 0.483 e. The number of nitrogens with zero attached hydrogens (tertiary/aromatic N) is 4. The maximum atomic E-state index is 8.36. The van der Waals surface area contributed by atoms with Gasteiger partial charge in [0.05, 0.1) is 6.20 Å². The van der Waals surface area contributed by atoms with Crippen LogP contribution >= 0.6 is 11.5 Å². The molecule has 0 unspecified atom stereocenters. The van der Waals surface area contributed by atoms with Crippen molar-refractivity contribution in [2.24, 2.45) is 0 Å². The summed E-state index contributed by atoms with van der Waals surface area (Å²) in [5.74, 6) is 1.03. The maximum Gasteiger partial charge on any atom is 0.290 e. The van der Waals surface area contributed by atoms with E-state index in [0.29, 0.717) is 0 Å². The molecule has 0 spiro atoms. The quantitative estimate of drug-likeness (QED) is 0.699. The minimum Gasteiger partial charge on any atom is -0.483 e. The predicted molar refractivity (Wildman–Crippen MR) is 107 cm³/mol. The summed E-state index contributed by atoms with van der Waals surface area (Å²) in [7, 11) is 2.22. The summed E-state index contributed by atoms with van der Waals surface area (Å²) in [4.78, 5) is 15.4. The average molecular weight is 385 g/mol. The molecule has 0 aliphatic carbocycles. The molecule has 1 aliphatic heterocycles. The van der Waals surface area contributed by atoms with E-state index in [2.05, 4.69) is 67.8 Å². The zero-order valence-corrected chi connectivity index (χ0v) is 16.2. The summed E-state index contributed by atoms with van der Waals surface area (Å²) in [6.45, 7) is 2.99. The monoisotopic (exact) mass is 384 g/mol. The molecule has 27 heavy (non-hydrogen) atoms. The molecule has 4 rings (SSSR count). The van der Waals surface area contributed by atoms with Crippen molar-refractivity contribution < 1.29 is 9.90 Å². The van der Waals surface area contributed by atoms with Crippen LogP contribution in [0.3, 0.4) is 0 Å². The van der Waals surface area contributed by atoms with E-state index in [1.54, 1.807) is 0 Å². The molecule has 1 saturated heterocycles. The fraction of sp³-hybridized carbons (Fsp3) is 0.350. The molecular weight excluding hydrogens is 360 g/mol. The van der Waals surface area contributed by atoms with Crippen LogP contribution in [0.4, 0.5) is 0 Å². The summed E-state index contributed by atoms with van der Waals surface area (Å²) in [6, 6.07) is 11.0. The lowest BCUT2D eigenvalue weighted by atomic mass is 9.72. The Morgan fingerprint density at radius 1 is 1.26 bits per heavy atom. The van der Waals surface area contributed by atoms with E-state index in [1.807, 2.05) is 12.4 Å². The van der Waals surface area contributed by atoms with Gasteiger partial charge in [0.2, 0.25) is 0 Å². The number of hydrogen-bond donors (Lipinski definition) is 1. The van der Waals surface area contributed by atoms with Crippen LogP contribution < -0.4 is 0 Å². The van der Waals surface area contributed by atoms with Gasteiger partial charge < -0.3 is 14.6 Å². The highest BCUT2D eigenvalue weighted by molar-refractivity contribution is 7.03. The lowest BCUT2D eigenvalue weighted by molar-refractivity contribution is -0.122. The van der Waals surface area contributed by atoms with Gasteiger partial charge in [-0.15, -0.1) is 0 Å². The fourth-order valence-corrected chi connectivity index (χ4v) is 4.23. The molecule has 3 heterocycles. The Bertz CT molecular complexity index is 825. The third-order valence-corrected chi connectivity index (χ3v) is 5.80. The Hall–Kier alpha value is -2.51. The molecular formula is C20H24N4O2S. The van der Waals surface area contributed by atoms with Gasteiger partial charge in [-0.1, -0.05) is 30.3 Å². The molecule has 142 valence electrons. The molecule has 1 aromatic carbocycles. The minimum absolute atomic E-state index is 0.173. The molecule has 0 atom stereocenters. The number of carboxylic acid groups (broad SMARTS) is 1. The van der Waals surface area contributed by atoms with Crippen molar-refractivity contribution in [3.05, 3.63) is 59.9 Å². The number of rotatable bonds is 4. The molecule has 0 saturated carbocycles. The lowest BCUT2D eigenvalue weighted by Crippen LogP contribution is -2.43. The second-order valence-electron chi connectivity index (χ2n) is 6.85. The predicted octanol–water partition coefficient (Wildman–Crippen LogP) is 3.37.